The number of aromatic nitrogens is 2. The Morgan fingerprint density at radius 3 is 2.03 bits per heavy atom. The third-order valence-corrected chi connectivity index (χ3v) is 7.08. The van der Waals surface area contributed by atoms with Crippen molar-refractivity contribution in [3.63, 3.8) is 0 Å². The van der Waals surface area contributed by atoms with Crippen molar-refractivity contribution in [1.29, 1.82) is 0 Å². The lowest BCUT2D eigenvalue weighted by Crippen LogP contribution is -1.94. The summed E-state index contributed by atoms with van der Waals surface area (Å²) in [4.78, 5) is 0. The number of nitrogens with zero attached hydrogens (tertiary/aromatic N) is 2. The molecule has 0 aliphatic carbocycles. The lowest BCUT2D eigenvalue weighted by atomic mass is 10.0. The van der Waals surface area contributed by atoms with E-state index in [2.05, 4.69) is 140 Å². The molecule has 5 aromatic carbocycles. The third kappa shape index (κ3) is 2.73. The van der Waals surface area contributed by atoms with Gasteiger partial charge in [0.05, 0.1) is 16.6 Å². The number of hydrogen-bond acceptors (Lipinski definition) is 0. The van der Waals surface area contributed by atoms with Crippen LogP contribution in [0.25, 0.3) is 54.9 Å². The first-order valence-corrected chi connectivity index (χ1v) is 11.9. The molecule has 2 nitrogen and oxygen atoms in total. The number of rotatable bonds is 2. The van der Waals surface area contributed by atoms with Gasteiger partial charge in [-0.1, -0.05) is 70.5 Å². The molecule has 7 rings (SSSR count). The number of halogens is 1. The predicted molar refractivity (Wildman–Crippen MR) is 143 cm³/mol. The van der Waals surface area contributed by atoms with E-state index in [-0.39, 0.29) is 0 Å². The Kier molecular flexibility index (Phi) is 4.02. The van der Waals surface area contributed by atoms with E-state index in [0.717, 1.165) is 4.47 Å². The Bertz CT molecular complexity index is 1810. The Labute approximate surface area is 199 Å². The van der Waals surface area contributed by atoms with Crippen molar-refractivity contribution in [3.8, 4) is 11.4 Å². The Morgan fingerprint density at radius 1 is 0.545 bits per heavy atom. The van der Waals surface area contributed by atoms with Gasteiger partial charge < -0.3 is 9.13 Å². The van der Waals surface area contributed by atoms with Crippen molar-refractivity contribution in [2.24, 2.45) is 0 Å². The SMILES string of the molecule is Brc1ccc2c(c1)c1c3ccc4ccn(-c5ccccc5)c4c3ccc1n2-c1ccccc1. The van der Waals surface area contributed by atoms with Crippen molar-refractivity contribution in [2.75, 3.05) is 0 Å². The molecule has 0 spiro atoms. The summed E-state index contributed by atoms with van der Waals surface area (Å²) in [7, 11) is 0. The van der Waals surface area contributed by atoms with E-state index >= 15 is 0 Å². The maximum Gasteiger partial charge on any atom is 0.0607 e. The standard InChI is InChI=1S/C30H19BrN2/c31-21-12-15-27-26(19-21)29-24-13-11-20-17-18-32(22-7-3-1-4-8-22)30(20)25(24)14-16-28(29)33(27)23-9-5-2-6-10-23/h1-19H. The molecule has 0 radical (unpaired) electrons. The van der Waals surface area contributed by atoms with E-state index in [0.29, 0.717) is 0 Å². The van der Waals surface area contributed by atoms with Gasteiger partial charge in [0.1, 0.15) is 0 Å². The molecule has 0 saturated heterocycles. The van der Waals surface area contributed by atoms with Gasteiger partial charge in [-0.05, 0) is 60.0 Å². The van der Waals surface area contributed by atoms with Gasteiger partial charge in [0, 0.05) is 43.6 Å². The second kappa shape index (κ2) is 7.09. The minimum atomic E-state index is 1.09. The molecule has 0 bridgehead atoms. The van der Waals surface area contributed by atoms with Crippen LogP contribution >= 0.6 is 15.9 Å². The third-order valence-electron chi connectivity index (χ3n) is 6.58. The summed E-state index contributed by atoms with van der Waals surface area (Å²) in [6, 6.07) is 39.1. The van der Waals surface area contributed by atoms with E-state index in [1.54, 1.807) is 0 Å². The average Bonchev–Trinajstić information content (AvgIpc) is 3.44. The molecular formula is C30H19BrN2. The second-order valence-electron chi connectivity index (χ2n) is 8.41. The molecule has 2 heterocycles. The maximum absolute atomic E-state index is 3.71. The largest absolute Gasteiger partial charge is 0.316 e. The average molecular weight is 487 g/mol. The smallest absolute Gasteiger partial charge is 0.0607 e. The highest BCUT2D eigenvalue weighted by Gasteiger charge is 2.17. The fourth-order valence-electron chi connectivity index (χ4n) is 5.19. The molecule has 0 amide bonds. The molecule has 33 heavy (non-hydrogen) atoms. The van der Waals surface area contributed by atoms with Crippen LogP contribution in [0.3, 0.4) is 0 Å². The monoisotopic (exact) mass is 486 g/mol. The lowest BCUT2D eigenvalue weighted by molar-refractivity contribution is 1.13. The summed E-state index contributed by atoms with van der Waals surface area (Å²) in [6.45, 7) is 0. The normalized spacial score (nSPS) is 11.8. The number of para-hydroxylation sites is 2. The van der Waals surface area contributed by atoms with E-state index < -0.39 is 0 Å². The van der Waals surface area contributed by atoms with Crippen molar-refractivity contribution < 1.29 is 0 Å². The first kappa shape index (κ1) is 18.7. The molecule has 2 aromatic heterocycles. The second-order valence-corrected chi connectivity index (χ2v) is 9.33. The molecule has 0 aliphatic heterocycles. The first-order chi connectivity index (χ1) is 16.3. The molecule has 0 aliphatic rings. The molecule has 0 saturated carbocycles. The summed E-state index contributed by atoms with van der Waals surface area (Å²) < 4.78 is 5.76. The highest BCUT2D eigenvalue weighted by atomic mass is 79.9. The molecule has 3 heteroatoms. The van der Waals surface area contributed by atoms with Crippen LogP contribution in [0.4, 0.5) is 0 Å². The summed E-state index contributed by atoms with van der Waals surface area (Å²) >= 11 is 3.71. The van der Waals surface area contributed by atoms with E-state index in [4.69, 9.17) is 0 Å². The summed E-state index contributed by atoms with van der Waals surface area (Å²) in [6.07, 6.45) is 2.17. The number of fused-ring (bicyclic) bond motifs is 7. The van der Waals surface area contributed by atoms with E-state index in [1.807, 2.05) is 0 Å². The van der Waals surface area contributed by atoms with E-state index in [9.17, 15) is 0 Å². The molecule has 0 fully saturated rings. The Morgan fingerprint density at radius 2 is 1.24 bits per heavy atom. The van der Waals surface area contributed by atoms with Crippen LogP contribution in [-0.2, 0) is 0 Å². The highest BCUT2D eigenvalue weighted by Crippen LogP contribution is 2.40. The molecule has 7 aromatic rings. The van der Waals surface area contributed by atoms with Crippen LogP contribution in [-0.4, -0.2) is 9.13 Å². The summed E-state index contributed by atoms with van der Waals surface area (Å²) in [5.74, 6) is 0. The summed E-state index contributed by atoms with van der Waals surface area (Å²) in [5, 5.41) is 6.33. The lowest BCUT2D eigenvalue weighted by Gasteiger charge is -2.10. The van der Waals surface area contributed by atoms with Crippen molar-refractivity contribution in [2.45, 2.75) is 0 Å². The van der Waals surface area contributed by atoms with Crippen LogP contribution < -0.4 is 0 Å². The van der Waals surface area contributed by atoms with Crippen LogP contribution in [0.5, 0.6) is 0 Å². The fraction of sp³-hybridized carbons (Fsp3) is 0. The predicted octanol–water partition coefficient (Wildman–Crippen LogP) is 8.64. The first-order valence-electron chi connectivity index (χ1n) is 11.1. The van der Waals surface area contributed by atoms with Crippen LogP contribution in [0.1, 0.15) is 0 Å². The summed E-state index contributed by atoms with van der Waals surface area (Å²) in [5.41, 5.74) is 6.03. The van der Waals surface area contributed by atoms with Crippen LogP contribution in [0.2, 0.25) is 0 Å². The van der Waals surface area contributed by atoms with Crippen LogP contribution in [0, 0.1) is 0 Å². The molecule has 0 unspecified atom stereocenters. The van der Waals surface area contributed by atoms with Gasteiger partial charge in [0.15, 0.2) is 0 Å². The molecule has 156 valence electrons. The van der Waals surface area contributed by atoms with E-state index in [1.165, 1.54) is 54.9 Å². The zero-order valence-electron chi connectivity index (χ0n) is 17.7. The van der Waals surface area contributed by atoms with Crippen molar-refractivity contribution in [1.82, 2.24) is 9.13 Å². The van der Waals surface area contributed by atoms with Crippen molar-refractivity contribution >= 4 is 59.4 Å². The maximum atomic E-state index is 3.71. The van der Waals surface area contributed by atoms with Gasteiger partial charge in [-0.3, -0.25) is 0 Å². The van der Waals surface area contributed by atoms with Gasteiger partial charge in [-0.25, -0.2) is 0 Å². The van der Waals surface area contributed by atoms with Gasteiger partial charge in [-0.2, -0.15) is 0 Å². The highest BCUT2D eigenvalue weighted by molar-refractivity contribution is 9.10. The molecular weight excluding hydrogens is 468 g/mol. The van der Waals surface area contributed by atoms with Gasteiger partial charge in [-0.15, -0.1) is 0 Å². The Hall–Kier alpha value is -3.82. The zero-order chi connectivity index (χ0) is 21.9. The van der Waals surface area contributed by atoms with Gasteiger partial charge in [0.2, 0.25) is 0 Å². The number of benzene rings is 5. The van der Waals surface area contributed by atoms with Gasteiger partial charge in [0.25, 0.3) is 0 Å². The molecule has 0 N–H and O–H groups in total. The van der Waals surface area contributed by atoms with Crippen LogP contribution in [0.15, 0.2) is 120 Å². The minimum absolute atomic E-state index is 1.09. The topological polar surface area (TPSA) is 9.86 Å². The minimum Gasteiger partial charge on any atom is -0.316 e. The van der Waals surface area contributed by atoms with Crippen molar-refractivity contribution in [3.05, 3.63) is 120 Å². The number of hydrogen-bond donors (Lipinski definition) is 0. The quantitative estimate of drug-likeness (QED) is 0.231. The van der Waals surface area contributed by atoms with Gasteiger partial charge >= 0.3 is 0 Å². The Balaban J connectivity index is 1.67. The fourth-order valence-corrected chi connectivity index (χ4v) is 5.55. The zero-order valence-corrected chi connectivity index (χ0v) is 19.3. The molecule has 0 atom stereocenters.